The van der Waals surface area contributed by atoms with Crippen molar-refractivity contribution in [2.45, 2.75) is 38.6 Å². The first-order chi connectivity index (χ1) is 6.83. The van der Waals surface area contributed by atoms with Crippen molar-refractivity contribution >= 4 is 0 Å². The molecule has 0 amide bonds. The van der Waals surface area contributed by atoms with Gasteiger partial charge in [0.15, 0.2) is 0 Å². The zero-order chi connectivity index (χ0) is 10.2. The van der Waals surface area contributed by atoms with Gasteiger partial charge in [0.2, 0.25) is 0 Å². The standard InChI is InChI=1S/C11H21N3/c1-11(5-6-12)13-7-4-10-14-8-2-3-9-14/h11,13H,2-5,7-10H2,1H3. The number of hydrogen-bond donors (Lipinski definition) is 1. The smallest absolute Gasteiger partial charge is 0.0638 e. The fraction of sp³-hybridized carbons (Fsp3) is 0.909. The van der Waals surface area contributed by atoms with E-state index in [4.69, 9.17) is 5.26 Å². The number of hydrogen-bond acceptors (Lipinski definition) is 3. The second-order valence-electron chi connectivity index (χ2n) is 4.12. The summed E-state index contributed by atoms with van der Waals surface area (Å²) in [5, 5.41) is 11.8. The molecule has 0 spiro atoms. The minimum atomic E-state index is 0.346. The molecule has 1 aliphatic heterocycles. The summed E-state index contributed by atoms with van der Waals surface area (Å²) in [5.74, 6) is 0. The van der Waals surface area contributed by atoms with Gasteiger partial charge in [-0.2, -0.15) is 5.26 Å². The molecule has 0 aromatic heterocycles. The third-order valence-corrected chi connectivity index (χ3v) is 2.74. The monoisotopic (exact) mass is 195 g/mol. The van der Waals surface area contributed by atoms with E-state index in [2.05, 4.69) is 23.2 Å². The fourth-order valence-corrected chi connectivity index (χ4v) is 1.87. The second-order valence-corrected chi connectivity index (χ2v) is 4.12. The normalized spacial score (nSPS) is 19.4. The van der Waals surface area contributed by atoms with Crippen LogP contribution in [0.4, 0.5) is 0 Å². The van der Waals surface area contributed by atoms with Crippen molar-refractivity contribution in [2.24, 2.45) is 0 Å². The molecule has 0 aromatic carbocycles. The highest BCUT2D eigenvalue weighted by Gasteiger charge is 2.10. The zero-order valence-corrected chi connectivity index (χ0v) is 9.13. The van der Waals surface area contributed by atoms with Gasteiger partial charge in [-0.1, -0.05) is 0 Å². The molecule has 0 saturated carbocycles. The highest BCUT2D eigenvalue weighted by Crippen LogP contribution is 2.06. The average Bonchev–Trinajstić information content (AvgIpc) is 2.65. The molecule has 0 bridgehead atoms. The molecule has 0 aliphatic carbocycles. The lowest BCUT2D eigenvalue weighted by atomic mass is 10.2. The van der Waals surface area contributed by atoms with Crippen molar-refractivity contribution in [1.29, 1.82) is 5.26 Å². The summed E-state index contributed by atoms with van der Waals surface area (Å²) in [4.78, 5) is 2.52. The van der Waals surface area contributed by atoms with Crippen LogP contribution >= 0.6 is 0 Å². The largest absolute Gasteiger partial charge is 0.313 e. The van der Waals surface area contributed by atoms with E-state index in [0.717, 1.165) is 6.54 Å². The Hall–Kier alpha value is -0.590. The summed E-state index contributed by atoms with van der Waals surface area (Å²) in [6, 6.07) is 2.52. The molecule has 1 heterocycles. The van der Waals surface area contributed by atoms with Crippen LogP contribution in [0.15, 0.2) is 0 Å². The van der Waals surface area contributed by atoms with Gasteiger partial charge in [0, 0.05) is 6.04 Å². The topological polar surface area (TPSA) is 39.1 Å². The predicted molar refractivity (Wildman–Crippen MR) is 58.0 cm³/mol. The number of likely N-dealkylation sites (tertiary alicyclic amines) is 1. The molecule has 1 fully saturated rings. The summed E-state index contributed by atoms with van der Waals surface area (Å²) < 4.78 is 0. The zero-order valence-electron chi connectivity index (χ0n) is 9.13. The third kappa shape index (κ3) is 4.59. The summed E-state index contributed by atoms with van der Waals surface area (Å²) in [6.45, 7) is 6.90. The van der Waals surface area contributed by atoms with Crippen LogP contribution in [0.3, 0.4) is 0 Å². The van der Waals surface area contributed by atoms with E-state index in [1.54, 1.807) is 0 Å². The number of nitrogens with one attached hydrogen (secondary N) is 1. The minimum absolute atomic E-state index is 0.346. The van der Waals surface area contributed by atoms with E-state index in [1.165, 1.54) is 38.9 Å². The van der Waals surface area contributed by atoms with E-state index < -0.39 is 0 Å². The van der Waals surface area contributed by atoms with E-state index in [-0.39, 0.29) is 0 Å². The van der Waals surface area contributed by atoms with E-state index >= 15 is 0 Å². The molecule has 1 saturated heterocycles. The maximum absolute atomic E-state index is 8.47. The predicted octanol–water partition coefficient (Wildman–Crippen LogP) is 1.36. The van der Waals surface area contributed by atoms with Gasteiger partial charge in [0.1, 0.15) is 0 Å². The first kappa shape index (κ1) is 11.5. The molecule has 14 heavy (non-hydrogen) atoms. The molecule has 80 valence electrons. The minimum Gasteiger partial charge on any atom is -0.313 e. The maximum Gasteiger partial charge on any atom is 0.0638 e. The Morgan fingerprint density at radius 2 is 2.14 bits per heavy atom. The molecule has 1 aliphatic rings. The molecule has 1 rings (SSSR count). The Bertz CT molecular complexity index is 179. The van der Waals surface area contributed by atoms with Crippen molar-refractivity contribution in [1.82, 2.24) is 10.2 Å². The second kappa shape index (κ2) is 6.80. The van der Waals surface area contributed by atoms with Crippen molar-refractivity contribution < 1.29 is 0 Å². The van der Waals surface area contributed by atoms with Gasteiger partial charge in [-0.15, -0.1) is 0 Å². The van der Waals surface area contributed by atoms with Crippen molar-refractivity contribution in [3.8, 4) is 6.07 Å². The quantitative estimate of drug-likeness (QED) is 0.650. The highest BCUT2D eigenvalue weighted by atomic mass is 15.1. The Morgan fingerprint density at radius 1 is 1.43 bits per heavy atom. The van der Waals surface area contributed by atoms with Crippen LogP contribution < -0.4 is 5.32 Å². The van der Waals surface area contributed by atoms with Crippen LogP contribution in [-0.4, -0.2) is 37.1 Å². The number of rotatable bonds is 6. The van der Waals surface area contributed by atoms with Gasteiger partial charge in [0.05, 0.1) is 12.5 Å². The summed E-state index contributed by atoms with van der Waals surface area (Å²) >= 11 is 0. The Balaban J connectivity index is 1.91. The highest BCUT2D eigenvalue weighted by molar-refractivity contribution is 4.77. The van der Waals surface area contributed by atoms with Crippen LogP contribution in [0.2, 0.25) is 0 Å². The summed E-state index contributed by atoms with van der Waals surface area (Å²) in [6.07, 6.45) is 4.57. The molecular weight excluding hydrogens is 174 g/mol. The van der Waals surface area contributed by atoms with E-state index in [1.807, 2.05) is 0 Å². The molecule has 0 aromatic rings. The average molecular weight is 195 g/mol. The first-order valence-corrected chi connectivity index (χ1v) is 5.65. The third-order valence-electron chi connectivity index (χ3n) is 2.74. The molecule has 1 N–H and O–H groups in total. The lowest BCUT2D eigenvalue weighted by Gasteiger charge is -2.15. The lowest BCUT2D eigenvalue weighted by Crippen LogP contribution is -2.29. The first-order valence-electron chi connectivity index (χ1n) is 5.65. The van der Waals surface area contributed by atoms with Crippen LogP contribution in [0.1, 0.15) is 32.6 Å². The van der Waals surface area contributed by atoms with Crippen LogP contribution in [0.25, 0.3) is 0 Å². The molecular formula is C11H21N3. The molecule has 1 unspecified atom stereocenters. The van der Waals surface area contributed by atoms with Gasteiger partial charge < -0.3 is 10.2 Å². The molecule has 1 atom stereocenters. The molecule has 3 heteroatoms. The Kier molecular flexibility index (Phi) is 5.58. The fourth-order valence-electron chi connectivity index (χ4n) is 1.87. The van der Waals surface area contributed by atoms with Gasteiger partial charge in [-0.05, 0) is 52.4 Å². The number of nitrogens with zero attached hydrogens (tertiary/aromatic N) is 2. The summed E-state index contributed by atoms with van der Waals surface area (Å²) in [7, 11) is 0. The van der Waals surface area contributed by atoms with Crippen LogP contribution in [0, 0.1) is 11.3 Å². The Morgan fingerprint density at radius 3 is 2.79 bits per heavy atom. The van der Waals surface area contributed by atoms with E-state index in [9.17, 15) is 0 Å². The van der Waals surface area contributed by atoms with Gasteiger partial charge in [0.25, 0.3) is 0 Å². The van der Waals surface area contributed by atoms with Crippen molar-refractivity contribution in [2.75, 3.05) is 26.2 Å². The van der Waals surface area contributed by atoms with Crippen LogP contribution in [-0.2, 0) is 0 Å². The maximum atomic E-state index is 8.47. The molecule has 3 nitrogen and oxygen atoms in total. The SMILES string of the molecule is CC(CC#N)NCCCN1CCCC1. The van der Waals surface area contributed by atoms with Crippen molar-refractivity contribution in [3.63, 3.8) is 0 Å². The van der Waals surface area contributed by atoms with E-state index in [0.29, 0.717) is 12.5 Å². The summed E-state index contributed by atoms with van der Waals surface area (Å²) in [5.41, 5.74) is 0. The van der Waals surface area contributed by atoms with Gasteiger partial charge >= 0.3 is 0 Å². The van der Waals surface area contributed by atoms with Crippen molar-refractivity contribution in [3.05, 3.63) is 0 Å². The van der Waals surface area contributed by atoms with Gasteiger partial charge in [-0.25, -0.2) is 0 Å². The molecule has 0 radical (unpaired) electrons. The van der Waals surface area contributed by atoms with Gasteiger partial charge in [-0.3, -0.25) is 0 Å². The number of nitriles is 1. The lowest BCUT2D eigenvalue weighted by molar-refractivity contribution is 0.328. The van der Waals surface area contributed by atoms with Crippen LogP contribution in [0.5, 0.6) is 0 Å². The Labute approximate surface area is 87.1 Å².